The number of hydrogen-bond donors (Lipinski definition) is 0. The molecule has 5 nitrogen and oxygen atoms in total. The molecule has 1 heterocycles. The van der Waals surface area contributed by atoms with Gasteiger partial charge in [0.15, 0.2) is 15.6 Å². The molecule has 2 aromatic rings. The van der Waals surface area contributed by atoms with Crippen molar-refractivity contribution in [2.75, 3.05) is 6.26 Å². The number of Topliss-reactive ketones (excluding diaryl/α,β-unsaturated/α-hetero) is 1. The van der Waals surface area contributed by atoms with Crippen molar-refractivity contribution in [3.05, 3.63) is 47.3 Å². The van der Waals surface area contributed by atoms with Gasteiger partial charge in [-0.2, -0.15) is 5.26 Å². The van der Waals surface area contributed by atoms with Crippen LogP contribution in [0.5, 0.6) is 0 Å². The van der Waals surface area contributed by atoms with Crippen LogP contribution in [0.1, 0.15) is 34.5 Å². The van der Waals surface area contributed by atoms with Gasteiger partial charge in [0.25, 0.3) is 0 Å². The van der Waals surface area contributed by atoms with E-state index in [-0.39, 0.29) is 10.7 Å². The van der Waals surface area contributed by atoms with E-state index in [2.05, 4.69) is 6.07 Å². The summed E-state index contributed by atoms with van der Waals surface area (Å²) in [6, 6.07) is 9.07. The predicted octanol–water partition coefficient (Wildman–Crippen LogP) is 2.27. The maximum absolute atomic E-state index is 12.2. The van der Waals surface area contributed by atoms with Gasteiger partial charge < -0.3 is 4.57 Å². The maximum atomic E-state index is 12.2. The molecular weight excluding hydrogens is 300 g/mol. The smallest absolute Gasteiger partial charge is 0.177 e. The SMILES string of the molecule is CS(=O)(=O)c1cn(-c2ccccc2C#N)c2c1C(=O)CCC2. The summed E-state index contributed by atoms with van der Waals surface area (Å²) in [5.41, 5.74) is 2.02. The first-order chi connectivity index (χ1) is 10.4. The third-order valence-electron chi connectivity index (χ3n) is 3.85. The third-order valence-corrected chi connectivity index (χ3v) is 4.96. The molecule has 3 rings (SSSR count). The van der Waals surface area contributed by atoms with Crippen LogP contribution in [0.25, 0.3) is 5.69 Å². The number of carbonyl (C=O) groups excluding carboxylic acids is 1. The number of rotatable bonds is 2. The van der Waals surface area contributed by atoms with E-state index in [1.165, 1.54) is 6.20 Å². The molecule has 0 fully saturated rings. The Bertz CT molecular complexity index is 917. The van der Waals surface area contributed by atoms with Crippen LogP contribution in [-0.2, 0) is 16.3 Å². The molecule has 1 aromatic heterocycles. The normalized spacial score (nSPS) is 14.5. The second-order valence-corrected chi connectivity index (χ2v) is 7.35. The van der Waals surface area contributed by atoms with E-state index >= 15 is 0 Å². The summed E-state index contributed by atoms with van der Waals surface area (Å²) in [5, 5.41) is 9.25. The molecule has 112 valence electrons. The van der Waals surface area contributed by atoms with Gasteiger partial charge in [-0.05, 0) is 25.0 Å². The average molecular weight is 314 g/mol. The number of sulfone groups is 1. The summed E-state index contributed by atoms with van der Waals surface area (Å²) in [6.07, 6.45) is 4.24. The zero-order valence-electron chi connectivity index (χ0n) is 12.0. The number of hydrogen-bond acceptors (Lipinski definition) is 4. The molecule has 1 aromatic carbocycles. The van der Waals surface area contributed by atoms with Crippen molar-refractivity contribution in [2.45, 2.75) is 24.2 Å². The van der Waals surface area contributed by atoms with E-state index in [0.29, 0.717) is 41.8 Å². The first kappa shape index (κ1) is 14.5. The van der Waals surface area contributed by atoms with Gasteiger partial charge in [-0.1, -0.05) is 12.1 Å². The molecule has 0 saturated heterocycles. The van der Waals surface area contributed by atoms with Crippen LogP contribution < -0.4 is 0 Å². The van der Waals surface area contributed by atoms with Gasteiger partial charge in [-0.3, -0.25) is 4.79 Å². The largest absolute Gasteiger partial charge is 0.317 e. The minimum absolute atomic E-state index is 0.0555. The molecule has 0 radical (unpaired) electrons. The lowest BCUT2D eigenvalue weighted by Gasteiger charge is -2.15. The number of aromatic nitrogens is 1. The van der Waals surface area contributed by atoms with E-state index in [1.807, 2.05) is 0 Å². The van der Waals surface area contributed by atoms with Crippen molar-refractivity contribution >= 4 is 15.6 Å². The number of nitriles is 1. The first-order valence-electron chi connectivity index (χ1n) is 6.90. The topological polar surface area (TPSA) is 79.9 Å². The lowest BCUT2D eigenvalue weighted by Crippen LogP contribution is -2.14. The molecule has 0 unspecified atom stereocenters. The Morgan fingerprint density at radius 2 is 1.95 bits per heavy atom. The van der Waals surface area contributed by atoms with E-state index in [4.69, 9.17) is 0 Å². The predicted molar refractivity (Wildman–Crippen MR) is 80.9 cm³/mol. The molecule has 0 spiro atoms. The van der Waals surface area contributed by atoms with Gasteiger partial charge in [0.1, 0.15) is 6.07 Å². The minimum Gasteiger partial charge on any atom is -0.317 e. The Hall–Kier alpha value is -2.39. The van der Waals surface area contributed by atoms with Crippen molar-refractivity contribution in [3.8, 4) is 11.8 Å². The van der Waals surface area contributed by atoms with E-state index in [1.54, 1.807) is 28.8 Å². The monoisotopic (exact) mass is 314 g/mol. The number of ketones is 1. The standard InChI is InChI=1S/C16H14N2O3S/c1-22(20,21)15-10-18(12-6-3-2-5-11(12)9-17)13-7-4-8-14(19)16(13)15/h2-3,5-6,10H,4,7-8H2,1H3. The van der Waals surface area contributed by atoms with Crippen LogP contribution >= 0.6 is 0 Å². The molecule has 0 aliphatic heterocycles. The second-order valence-electron chi connectivity index (χ2n) is 5.36. The van der Waals surface area contributed by atoms with E-state index in [9.17, 15) is 18.5 Å². The van der Waals surface area contributed by atoms with Gasteiger partial charge in [0, 0.05) is 24.6 Å². The van der Waals surface area contributed by atoms with Crippen molar-refractivity contribution < 1.29 is 13.2 Å². The van der Waals surface area contributed by atoms with Crippen molar-refractivity contribution in [1.82, 2.24) is 4.57 Å². The number of fused-ring (bicyclic) bond motifs is 1. The summed E-state index contributed by atoms with van der Waals surface area (Å²) in [5.74, 6) is -0.144. The number of para-hydroxylation sites is 1. The zero-order valence-corrected chi connectivity index (χ0v) is 12.9. The van der Waals surface area contributed by atoms with Crippen molar-refractivity contribution in [3.63, 3.8) is 0 Å². The summed E-state index contributed by atoms with van der Waals surface area (Å²) in [6.45, 7) is 0. The molecule has 6 heteroatoms. The molecule has 0 saturated carbocycles. The molecule has 1 aliphatic rings. The summed E-state index contributed by atoms with van der Waals surface area (Å²) in [7, 11) is -3.51. The highest BCUT2D eigenvalue weighted by molar-refractivity contribution is 7.90. The Labute approximate surface area is 128 Å². The van der Waals surface area contributed by atoms with Crippen molar-refractivity contribution in [1.29, 1.82) is 5.26 Å². The lowest BCUT2D eigenvalue weighted by molar-refractivity contribution is 0.0969. The van der Waals surface area contributed by atoms with Crippen LogP contribution in [0.4, 0.5) is 0 Å². The van der Waals surface area contributed by atoms with Gasteiger partial charge in [0.2, 0.25) is 0 Å². The van der Waals surface area contributed by atoms with Gasteiger partial charge in [0.05, 0.1) is 21.7 Å². The van der Waals surface area contributed by atoms with Gasteiger partial charge in [-0.15, -0.1) is 0 Å². The highest BCUT2D eigenvalue weighted by Gasteiger charge is 2.30. The first-order valence-corrected chi connectivity index (χ1v) is 8.79. The lowest BCUT2D eigenvalue weighted by atomic mass is 9.96. The van der Waals surface area contributed by atoms with Gasteiger partial charge in [-0.25, -0.2) is 8.42 Å². The van der Waals surface area contributed by atoms with E-state index < -0.39 is 9.84 Å². The van der Waals surface area contributed by atoms with Crippen LogP contribution in [0.15, 0.2) is 35.4 Å². The minimum atomic E-state index is -3.51. The fraction of sp³-hybridized carbons (Fsp3) is 0.250. The summed E-state index contributed by atoms with van der Waals surface area (Å²) in [4.78, 5) is 12.3. The van der Waals surface area contributed by atoms with Crippen molar-refractivity contribution in [2.24, 2.45) is 0 Å². The molecule has 0 N–H and O–H groups in total. The van der Waals surface area contributed by atoms with Crippen LogP contribution in [0.3, 0.4) is 0 Å². The zero-order chi connectivity index (χ0) is 15.9. The average Bonchev–Trinajstić information content (AvgIpc) is 2.88. The number of nitrogens with zero attached hydrogens (tertiary/aromatic N) is 2. The Morgan fingerprint density at radius 3 is 2.64 bits per heavy atom. The van der Waals surface area contributed by atoms with Gasteiger partial charge >= 0.3 is 0 Å². The van der Waals surface area contributed by atoms with Crippen LogP contribution in [0.2, 0.25) is 0 Å². The fourth-order valence-corrected chi connectivity index (χ4v) is 3.78. The quantitative estimate of drug-likeness (QED) is 0.851. The Morgan fingerprint density at radius 1 is 1.23 bits per heavy atom. The summed E-state index contributed by atoms with van der Waals surface area (Å²) >= 11 is 0. The Balaban J connectivity index is 2.36. The maximum Gasteiger partial charge on any atom is 0.177 e. The molecule has 22 heavy (non-hydrogen) atoms. The second kappa shape index (κ2) is 5.11. The number of benzene rings is 1. The molecule has 1 aliphatic carbocycles. The fourth-order valence-electron chi connectivity index (χ4n) is 2.88. The molecule has 0 amide bonds. The van der Waals surface area contributed by atoms with E-state index in [0.717, 1.165) is 6.26 Å². The Kier molecular flexibility index (Phi) is 3.38. The molecular formula is C16H14N2O3S. The molecule has 0 bridgehead atoms. The number of carbonyl (C=O) groups is 1. The third kappa shape index (κ3) is 2.24. The summed E-state index contributed by atoms with van der Waals surface area (Å²) < 4.78 is 25.7. The highest BCUT2D eigenvalue weighted by Crippen LogP contribution is 2.32. The highest BCUT2D eigenvalue weighted by atomic mass is 32.2. The molecule has 0 atom stereocenters. The van der Waals surface area contributed by atoms with Crippen LogP contribution in [0, 0.1) is 11.3 Å². The van der Waals surface area contributed by atoms with Crippen LogP contribution in [-0.4, -0.2) is 25.0 Å².